The average Bonchev–Trinajstić information content (AvgIpc) is 3.19. The van der Waals surface area contributed by atoms with Crippen molar-refractivity contribution in [2.24, 2.45) is 0 Å². The summed E-state index contributed by atoms with van der Waals surface area (Å²) in [5.74, 6) is 0.350. The molecule has 1 aromatic heterocycles. The zero-order valence-corrected chi connectivity index (χ0v) is 18.6. The third kappa shape index (κ3) is 5.47. The lowest BCUT2D eigenvalue weighted by Gasteiger charge is -2.19. The first-order valence-corrected chi connectivity index (χ1v) is 10.6. The van der Waals surface area contributed by atoms with E-state index in [9.17, 15) is 9.18 Å². The molecule has 1 aliphatic rings. The smallest absolute Gasteiger partial charge is 0.240 e. The molecule has 2 aromatic carbocycles. The second-order valence-corrected chi connectivity index (χ2v) is 7.77. The van der Waals surface area contributed by atoms with E-state index in [2.05, 4.69) is 31.3 Å². The van der Waals surface area contributed by atoms with Crippen LogP contribution in [0.4, 0.5) is 33.2 Å². The number of rotatable bonds is 8. The number of nitrogens with zero attached hydrogens (tertiary/aromatic N) is 3. The van der Waals surface area contributed by atoms with Gasteiger partial charge < -0.3 is 20.7 Å². The second-order valence-electron chi connectivity index (χ2n) is 7.77. The number of carbonyl (C=O) groups is 1. The van der Waals surface area contributed by atoms with Crippen molar-refractivity contribution >= 4 is 34.7 Å². The van der Waals surface area contributed by atoms with E-state index in [-0.39, 0.29) is 30.3 Å². The van der Waals surface area contributed by atoms with E-state index >= 15 is 0 Å². The number of carbonyl (C=O) groups excluding carboxylic acids is 1. The number of amides is 1. The van der Waals surface area contributed by atoms with Crippen LogP contribution >= 0.6 is 0 Å². The number of hydrogen-bond acceptors (Lipinski definition) is 8. The standard InChI is InChI=1S/C23H26FN7O2/c1-14(2)33-18-8-6-16(7-9-18)29-23-26-12-19(24)22(30-23)28-17-5-4-15-11-27-31(20(15)10-17)13-21(32)25-3/h4-10,12,14,27H,11,13H2,1-3H3,(H,25,32)(H2,26,28,29,30). The molecule has 3 aromatic rings. The largest absolute Gasteiger partial charge is 0.491 e. The van der Waals surface area contributed by atoms with Gasteiger partial charge in [0.25, 0.3) is 0 Å². The summed E-state index contributed by atoms with van der Waals surface area (Å²) in [6, 6.07) is 13.0. The van der Waals surface area contributed by atoms with Crippen LogP contribution in [0.1, 0.15) is 19.4 Å². The van der Waals surface area contributed by atoms with Gasteiger partial charge in [-0.25, -0.2) is 14.8 Å². The normalized spacial score (nSPS) is 12.5. The molecule has 0 fully saturated rings. The van der Waals surface area contributed by atoms with Gasteiger partial charge in [-0.3, -0.25) is 9.80 Å². The van der Waals surface area contributed by atoms with E-state index in [1.807, 2.05) is 56.3 Å². The molecule has 0 saturated heterocycles. The van der Waals surface area contributed by atoms with Crippen molar-refractivity contribution < 1.29 is 13.9 Å². The number of likely N-dealkylation sites (N-methyl/N-ethyl adjacent to an activating group) is 1. The van der Waals surface area contributed by atoms with Crippen LogP contribution in [0, 0.1) is 5.82 Å². The van der Waals surface area contributed by atoms with E-state index in [1.165, 1.54) is 0 Å². The van der Waals surface area contributed by atoms with E-state index in [1.54, 1.807) is 12.1 Å². The van der Waals surface area contributed by atoms with Gasteiger partial charge in [0.2, 0.25) is 11.9 Å². The molecule has 0 spiro atoms. The van der Waals surface area contributed by atoms with Gasteiger partial charge in [0.15, 0.2) is 11.6 Å². The molecule has 4 N–H and O–H groups in total. The van der Waals surface area contributed by atoms with Crippen LogP contribution < -0.4 is 31.1 Å². The Bertz CT molecular complexity index is 1140. The number of aromatic nitrogens is 2. The predicted molar refractivity (Wildman–Crippen MR) is 125 cm³/mol. The Morgan fingerprint density at radius 2 is 1.94 bits per heavy atom. The first-order chi connectivity index (χ1) is 15.9. The number of hydrazine groups is 1. The Hall–Kier alpha value is -3.92. The maximum atomic E-state index is 14.4. The minimum atomic E-state index is -0.581. The second kappa shape index (κ2) is 9.70. The van der Waals surface area contributed by atoms with Crippen molar-refractivity contribution in [3.8, 4) is 5.75 Å². The van der Waals surface area contributed by atoms with Crippen LogP contribution in [-0.4, -0.2) is 35.6 Å². The van der Waals surface area contributed by atoms with Crippen LogP contribution in [-0.2, 0) is 11.3 Å². The third-order valence-corrected chi connectivity index (χ3v) is 4.91. The van der Waals surface area contributed by atoms with E-state index in [0.29, 0.717) is 12.2 Å². The van der Waals surface area contributed by atoms with Crippen LogP contribution in [0.25, 0.3) is 0 Å². The van der Waals surface area contributed by atoms with Crippen molar-refractivity contribution in [3.63, 3.8) is 0 Å². The molecule has 2 heterocycles. The molecular formula is C23H26FN7O2. The van der Waals surface area contributed by atoms with Gasteiger partial charge >= 0.3 is 0 Å². The zero-order chi connectivity index (χ0) is 23.4. The maximum Gasteiger partial charge on any atom is 0.240 e. The molecule has 172 valence electrons. The van der Waals surface area contributed by atoms with Gasteiger partial charge in [0.05, 0.1) is 18.0 Å². The fourth-order valence-corrected chi connectivity index (χ4v) is 3.34. The van der Waals surface area contributed by atoms with Gasteiger partial charge in [-0.05, 0) is 55.8 Å². The van der Waals surface area contributed by atoms with Crippen molar-refractivity contribution in [1.82, 2.24) is 20.7 Å². The molecule has 1 aliphatic heterocycles. The number of ether oxygens (including phenoxy) is 1. The number of nitrogens with one attached hydrogen (secondary N) is 4. The lowest BCUT2D eigenvalue weighted by atomic mass is 10.1. The summed E-state index contributed by atoms with van der Waals surface area (Å²) >= 11 is 0. The number of fused-ring (bicyclic) bond motifs is 1. The summed E-state index contributed by atoms with van der Waals surface area (Å²) in [5.41, 5.74) is 6.44. The monoisotopic (exact) mass is 451 g/mol. The Labute approximate surface area is 191 Å². The Morgan fingerprint density at radius 3 is 2.67 bits per heavy atom. The number of hydrogen-bond donors (Lipinski definition) is 4. The first-order valence-electron chi connectivity index (χ1n) is 10.6. The van der Waals surface area contributed by atoms with Crippen molar-refractivity contribution in [3.05, 3.63) is 60.0 Å². The predicted octanol–water partition coefficient (Wildman–Crippen LogP) is 3.46. The zero-order valence-electron chi connectivity index (χ0n) is 18.6. The molecule has 0 saturated carbocycles. The van der Waals surface area contributed by atoms with Crippen LogP contribution in [0.15, 0.2) is 48.7 Å². The molecule has 0 bridgehead atoms. The highest BCUT2D eigenvalue weighted by Gasteiger charge is 2.21. The lowest BCUT2D eigenvalue weighted by Crippen LogP contribution is -2.40. The van der Waals surface area contributed by atoms with E-state index in [4.69, 9.17) is 4.74 Å². The van der Waals surface area contributed by atoms with Gasteiger partial charge in [-0.1, -0.05) is 6.07 Å². The third-order valence-electron chi connectivity index (χ3n) is 4.91. The summed E-state index contributed by atoms with van der Waals surface area (Å²) in [6.45, 7) is 4.71. The fraction of sp³-hybridized carbons (Fsp3) is 0.261. The van der Waals surface area contributed by atoms with Gasteiger partial charge in [0.1, 0.15) is 12.3 Å². The van der Waals surface area contributed by atoms with Gasteiger partial charge in [0, 0.05) is 25.0 Å². The molecule has 1 amide bonds. The Morgan fingerprint density at radius 1 is 1.18 bits per heavy atom. The van der Waals surface area contributed by atoms with Crippen molar-refractivity contribution in [1.29, 1.82) is 0 Å². The number of benzene rings is 2. The number of anilines is 5. The summed E-state index contributed by atoms with van der Waals surface area (Å²) in [7, 11) is 1.59. The number of halogens is 1. The molecule has 0 aliphatic carbocycles. The van der Waals surface area contributed by atoms with Crippen LogP contribution in [0.5, 0.6) is 5.75 Å². The average molecular weight is 452 g/mol. The highest BCUT2D eigenvalue weighted by atomic mass is 19.1. The highest BCUT2D eigenvalue weighted by Crippen LogP contribution is 2.30. The van der Waals surface area contributed by atoms with Crippen LogP contribution in [0.2, 0.25) is 0 Å². The molecule has 9 nitrogen and oxygen atoms in total. The topological polar surface area (TPSA) is 103 Å². The van der Waals surface area contributed by atoms with Crippen LogP contribution in [0.3, 0.4) is 0 Å². The molecule has 10 heteroatoms. The van der Waals surface area contributed by atoms with Gasteiger partial charge in [-0.2, -0.15) is 4.98 Å². The fourth-order valence-electron chi connectivity index (χ4n) is 3.34. The molecule has 0 atom stereocenters. The van der Waals surface area contributed by atoms with E-state index < -0.39 is 5.82 Å². The molecule has 0 unspecified atom stereocenters. The van der Waals surface area contributed by atoms with E-state index in [0.717, 1.165) is 28.9 Å². The van der Waals surface area contributed by atoms with Crippen molar-refractivity contribution in [2.45, 2.75) is 26.5 Å². The molecule has 4 rings (SSSR count). The molecule has 0 radical (unpaired) electrons. The minimum absolute atomic E-state index is 0.0380. The van der Waals surface area contributed by atoms with Gasteiger partial charge in [-0.15, -0.1) is 0 Å². The summed E-state index contributed by atoms with van der Waals surface area (Å²) in [5, 5.41) is 10.4. The summed E-state index contributed by atoms with van der Waals surface area (Å²) in [4.78, 5) is 20.1. The molecule has 33 heavy (non-hydrogen) atoms. The SMILES string of the molecule is CNC(=O)CN1NCc2ccc(Nc3nc(Nc4ccc(OC(C)C)cc4)ncc3F)cc21. The first kappa shape index (κ1) is 22.3. The highest BCUT2D eigenvalue weighted by molar-refractivity contribution is 5.82. The Balaban J connectivity index is 1.49. The lowest BCUT2D eigenvalue weighted by molar-refractivity contribution is -0.119. The summed E-state index contributed by atoms with van der Waals surface area (Å²) in [6.07, 6.45) is 1.20. The maximum absolute atomic E-state index is 14.4. The van der Waals surface area contributed by atoms with Crippen molar-refractivity contribution in [2.75, 3.05) is 29.2 Å². The quantitative estimate of drug-likeness (QED) is 0.413. The molecular weight excluding hydrogens is 425 g/mol. The summed E-state index contributed by atoms with van der Waals surface area (Å²) < 4.78 is 20.1. The Kier molecular flexibility index (Phi) is 6.55. The minimum Gasteiger partial charge on any atom is -0.491 e.